The van der Waals surface area contributed by atoms with E-state index in [9.17, 15) is 5.11 Å². The Hall–Kier alpha value is -0.120. The van der Waals surface area contributed by atoms with Crippen LogP contribution in [0.5, 0.6) is 0 Å². The van der Waals surface area contributed by atoms with Crippen LogP contribution in [0.3, 0.4) is 0 Å². The highest BCUT2D eigenvalue weighted by Crippen LogP contribution is 2.26. The second-order valence-corrected chi connectivity index (χ2v) is 6.57. The minimum absolute atomic E-state index is 0.353. The fourth-order valence-electron chi connectivity index (χ4n) is 2.74. The molecule has 1 aliphatic rings. The Morgan fingerprint density at radius 3 is 2.61 bits per heavy atom. The van der Waals surface area contributed by atoms with Crippen LogP contribution in [0.2, 0.25) is 0 Å². The number of hydrogen-bond donors (Lipinski definition) is 2. The van der Waals surface area contributed by atoms with Gasteiger partial charge in [-0.3, -0.25) is 0 Å². The molecule has 2 unspecified atom stereocenters. The van der Waals surface area contributed by atoms with Crippen LogP contribution in [0.15, 0.2) is 0 Å². The van der Waals surface area contributed by atoms with Crippen molar-refractivity contribution < 1.29 is 5.11 Å². The first-order valence-corrected chi connectivity index (χ1v) is 7.56. The Bertz CT molecular complexity index is 243. The molecule has 1 rings (SSSR count). The van der Waals surface area contributed by atoms with E-state index in [1.165, 1.54) is 6.42 Å². The van der Waals surface area contributed by atoms with E-state index in [0.29, 0.717) is 5.41 Å². The predicted octanol–water partition coefficient (Wildman–Crippen LogP) is 2.25. The number of hydrogen-bond acceptors (Lipinski definition) is 3. The summed E-state index contributed by atoms with van der Waals surface area (Å²) in [5, 5.41) is 13.6. The molecule has 0 amide bonds. The van der Waals surface area contributed by atoms with E-state index in [4.69, 9.17) is 0 Å². The molecule has 0 aromatic heterocycles. The van der Waals surface area contributed by atoms with Gasteiger partial charge in [0.25, 0.3) is 0 Å². The second-order valence-electron chi connectivity index (χ2n) is 6.57. The number of nitrogens with zero attached hydrogens (tertiary/aromatic N) is 1. The quantitative estimate of drug-likeness (QED) is 0.765. The lowest BCUT2D eigenvalue weighted by atomic mass is 9.86. The topological polar surface area (TPSA) is 35.5 Å². The van der Waals surface area contributed by atoms with Crippen molar-refractivity contribution in [2.45, 2.75) is 59.0 Å². The van der Waals surface area contributed by atoms with Gasteiger partial charge in [-0.05, 0) is 51.1 Å². The van der Waals surface area contributed by atoms with Gasteiger partial charge in [0.15, 0.2) is 0 Å². The van der Waals surface area contributed by atoms with Crippen molar-refractivity contribution in [3.63, 3.8) is 0 Å². The van der Waals surface area contributed by atoms with Gasteiger partial charge in [0.1, 0.15) is 0 Å². The Kier molecular flexibility index (Phi) is 6.09. The molecule has 1 saturated heterocycles. The monoisotopic (exact) mass is 256 g/mol. The van der Waals surface area contributed by atoms with Crippen LogP contribution in [-0.4, -0.2) is 48.3 Å². The number of likely N-dealkylation sites (tertiary alicyclic amines) is 1. The number of rotatable bonds is 6. The fourth-order valence-corrected chi connectivity index (χ4v) is 2.74. The molecule has 18 heavy (non-hydrogen) atoms. The minimum atomic E-state index is -0.445. The van der Waals surface area contributed by atoms with Crippen molar-refractivity contribution >= 4 is 0 Å². The molecule has 3 heteroatoms. The van der Waals surface area contributed by atoms with Gasteiger partial charge in [-0.1, -0.05) is 20.8 Å². The molecule has 0 aromatic carbocycles. The van der Waals surface area contributed by atoms with E-state index in [1.54, 1.807) is 0 Å². The lowest BCUT2D eigenvalue weighted by Crippen LogP contribution is -2.42. The van der Waals surface area contributed by atoms with Crippen molar-refractivity contribution in [3.8, 4) is 0 Å². The van der Waals surface area contributed by atoms with Crippen LogP contribution >= 0.6 is 0 Å². The summed E-state index contributed by atoms with van der Waals surface area (Å²) in [7, 11) is 0. The van der Waals surface area contributed by atoms with E-state index in [-0.39, 0.29) is 0 Å². The summed E-state index contributed by atoms with van der Waals surface area (Å²) in [6, 6.07) is 0. The SMILES string of the molecule is CCNCC(C)(CC)CN1CCCC(C)(O)CC1. The lowest BCUT2D eigenvalue weighted by molar-refractivity contribution is 0.0429. The highest BCUT2D eigenvalue weighted by molar-refractivity contribution is 4.84. The molecule has 0 radical (unpaired) electrons. The normalized spacial score (nSPS) is 29.8. The van der Waals surface area contributed by atoms with E-state index < -0.39 is 5.60 Å². The zero-order chi connectivity index (χ0) is 13.6. The summed E-state index contributed by atoms with van der Waals surface area (Å²) in [4.78, 5) is 2.54. The van der Waals surface area contributed by atoms with E-state index >= 15 is 0 Å². The molecule has 3 nitrogen and oxygen atoms in total. The van der Waals surface area contributed by atoms with Crippen molar-refractivity contribution in [2.75, 3.05) is 32.7 Å². The average Bonchev–Trinajstić information content (AvgIpc) is 2.48. The van der Waals surface area contributed by atoms with Gasteiger partial charge in [0, 0.05) is 19.6 Å². The van der Waals surface area contributed by atoms with E-state index in [1.807, 2.05) is 6.92 Å². The third-order valence-corrected chi connectivity index (χ3v) is 4.42. The standard InChI is InChI=1S/C15H32N2O/c1-5-14(3,12-16-6-2)13-17-10-7-8-15(4,18)9-11-17/h16,18H,5-13H2,1-4H3. The molecule has 0 aliphatic carbocycles. The van der Waals surface area contributed by atoms with Gasteiger partial charge in [0.2, 0.25) is 0 Å². The fraction of sp³-hybridized carbons (Fsp3) is 1.00. The molecule has 1 fully saturated rings. The molecule has 0 spiro atoms. The Morgan fingerprint density at radius 1 is 1.28 bits per heavy atom. The Morgan fingerprint density at radius 2 is 2.00 bits per heavy atom. The van der Waals surface area contributed by atoms with Gasteiger partial charge in [0.05, 0.1) is 5.60 Å². The molecule has 0 bridgehead atoms. The van der Waals surface area contributed by atoms with Crippen molar-refractivity contribution in [3.05, 3.63) is 0 Å². The largest absolute Gasteiger partial charge is 0.390 e. The summed E-state index contributed by atoms with van der Waals surface area (Å²) in [6.45, 7) is 14.3. The molecule has 0 saturated carbocycles. The zero-order valence-corrected chi connectivity index (χ0v) is 12.8. The zero-order valence-electron chi connectivity index (χ0n) is 12.8. The van der Waals surface area contributed by atoms with Crippen molar-refractivity contribution in [1.82, 2.24) is 10.2 Å². The van der Waals surface area contributed by atoms with Crippen LogP contribution in [0, 0.1) is 5.41 Å². The molecule has 2 atom stereocenters. The third-order valence-electron chi connectivity index (χ3n) is 4.42. The van der Waals surface area contributed by atoms with Crippen LogP contribution in [0.1, 0.15) is 53.4 Å². The summed E-state index contributed by atoms with van der Waals surface area (Å²) < 4.78 is 0. The molecule has 1 heterocycles. The van der Waals surface area contributed by atoms with Crippen LogP contribution in [0.25, 0.3) is 0 Å². The highest BCUT2D eigenvalue weighted by atomic mass is 16.3. The van der Waals surface area contributed by atoms with Crippen LogP contribution in [0.4, 0.5) is 0 Å². The first kappa shape index (κ1) is 15.9. The molecule has 2 N–H and O–H groups in total. The second kappa shape index (κ2) is 6.88. The molecular weight excluding hydrogens is 224 g/mol. The Labute approximate surface area is 113 Å². The van der Waals surface area contributed by atoms with Gasteiger partial charge >= 0.3 is 0 Å². The minimum Gasteiger partial charge on any atom is -0.390 e. The van der Waals surface area contributed by atoms with E-state index in [2.05, 4.69) is 31.0 Å². The molecule has 1 aliphatic heterocycles. The van der Waals surface area contributed by atoms with Crippen LogP contribution < -0.4 is 5.32 Å². The first-order chi connectivity index (χ1) is 8.41. The first-order valence-electron chi connectivity index (χ1n) is 7.56. The third kappa shape index (κ3) is 5.25. The number of nitrogens with one attached hydrogen (secondary N) is 1. The van der Waals surface area contributed by atoms with Crippen LogP contribution in [-0.2, 0) is 0 Å². The number of aliphatic hydroxyl groups is 1. The average molecular weight is 256 g/mol. The van der Waals surface area contributed by atoms with Crippen molar-refractivity contribution in [2.24, 2.45) is 5.41 Å². The maximum atomic E-state index is 10.1. The lowest BCUT2D eigenvalue weighted by Gasteiger charge is -2.35. The van der Waals surface area contributed by atoms with Gasteiger partial charge in [-0.25, -0.2) is 0 Å². The maximum Gasteiger partial charge on any atom is 0.0632 e. The molecule has 0 aromatic rings. The molecule has 108 valence electrons. The summed E-state index contributed by atoms with van der Waals surface area (Å²) in [6.07, 6.45) is 4.18. The smallest absolute Gasteiger partial charge is 0.0632 e. The van der Waals surface area contributed by atoms with Gasteiger partial charge < -0.3 is 15.3 Å². The Balaban J connectivity index is 2.49. The summed E-state index contributed by atoms with van der Waals surface area (Å²) in [5.41, 5.74) is -0.0920. The molecular formula is C15H32N2O. The summed E-state index contributed by atoms with van der Waals surface area (Å²) >= 11 is 0. The van der Waals surface area contributed by atoms with E-state index in [0.717, 1.165) is 52.0 Å². The van der Waals surface area contributed by atoms with Gasteiger partial charge in [-0.2, -0.15) is 0 Å². The predicted molar refractivity (Wildman–Crippen MR) is 77.9 cm³/mol. The van der Waals surface area contributed by atoms with Gasteiger partial charge in [-0.15, -0.1) is 0 Å². The van der Waals surface area contributed by atoms with Crippen molar-refractivity contribution in [1.29, 1.82) is 0 Å². The maximum absolute atomic E-state index is 10.1. The highest BCUT2D eigenvalue weighted by Gasteiger charge is 2.29. The summed E-state index contributed by atoms with van der Waals surface area (Å²) in [5.74, 6) is 0.